The van der Waals surface area contributed by atoms with Crippen molar-refractivity contribution in [2.75, 3.05) is 11.9 Å². The van der Waals surface area contributed by atoms with Crippen LogP contribution in [-0.2, 0) is 7.05 Å². The van der Waals surface area contributed by atoms with Gasteiger partial charge in [0.15, 0.2) is 5.82 Å². The highest BCUT2D eigenvalue weighted by atomic mass is 79.9. The van der Waals surface area contributed by atoms with Gasteiger partial charge in [0.25, 0.3) is 0 Å². The molecule has 0 spiro atoms. The van der Waals surface area contributed by atoms with Crippen LogP contribution in [-0.4, -0.2) is 26.3 Å². The molecular formula is C12H16BrN5. The molecular weight excluding hydrogens is 294 g/mol. The van der Waals surface area contributed by atoms with Gasteiger partial charge in [-0.15, -0.1) is 0 Å². The molecule has 0 aliphatic carbocycles. The largest absolute Gasteiger partial charge is 0.369 e. The van der Waals surface area contributed by atoms with Crippen molar-refractivity contribution in [3.05, 3.63) is 22.1 Å². The maximum Gasteiger partial charge on any atom is 0.165 e. The van der Waals surface area contributed by atoms with Crippen molar-refractivity contribution >= 4 is 21.7 Å². The van der Waals surface area contributed by atoms with Crippen molar-refractivity contribution in [2.24, 2.45) is 7.05 Å². The Labute approximate surface area is 115 Å². The molecule has 2 heterocycles. The molecule has 0 atom stereocenters. The topological polar surface area (TPSA) is 55.6 Å². The summed E-state index contributed by atoms with van der Waals surface area (Å²) < 4.78 is 2.73. The number of nitrogens with zero attached hydrogens (tertiary/aromatic N) is 4. The molecule has 0 amide bonds. The van der Waals surface area contributed by atoms with Gasteiger partial charge in [0, 0.05) is 19.3 Å². The Morgan fingerprint density at radius 2 is 2.06 bits per heavy atom. The Bertz CT molecular complexity index is 576. The summed E-state index contributed by atoms with van der Waals surface area (Å²) in [5, 5.41) is 7.45. The van der Waals surface area contributed by atoms with Crippen molar-refractivity contribution < 1.29 is 0 Å². The van der Waals surface area contributed by atoms with Crippen LogP contribution in [0.25, 0.3) is 11.4 Å². The molecule has 5 nitrogen and oxygen atoms in total. The van der Waals surface area contributed by atoms with Gasteiger partial charge in [-0.25, -0.2) is 9.97 Å². The number of anilines is 1. The van der Waals surface area contributed by atoms with Crippen LogP contribution in [0.4, 0.5) is 5.82 Å². The van der Waals surface area contributed by atoms with Crippen LogP contribution < -0.4 is 5.32 Å². The van der Waals surface area contributed by atoms with Gasteiger partial charge in [-0.05, 0) is 36.7 Å². The van der Waals surface area contributed by atoms with Crippen molar-refractivity contribution in [2.45, 2.75) is 20.8 Å². The van der Waals surface area contributed by atoms with Crippen molar-refractivity contribution in [3.8, 4) is 11.4 Å². The fourth-order valence-electron chi connectivity index (χ4n) is 1.68. The Hall–Kier alpha value is -1.43. The van der Waals surface area contributed by atoms with E-state index in [1.807, 2.05) is 32.5 Å². The molecule has 0 aliphatic heterocycles. The number of rotatable bonds is 3. The van der Waals surface area contributed by atoms with Gasteiger partial charge in [0.2, 0.25) is 0 Å². The van der Waals surface area contributed by atoms with Crippen LogP contribution in [0.3, 0.4) is 0 Å². The van der Waals surface area contributed by atoms with E-state index in [2.05, 4.69) is 36.3 Å². The van der Waals surface area contributed by atoms with Crippen LogP contribution in [0, 0.1) is 13.8 Å². The Morgan fingerprint density at radius 1 is 1.33 bits per heavy atom. The zero-order valence-electron chi connectivity index (χ0n) is 11.0. The molecule has 0 saturated carbocycles. The van der Waals surface area contributed by atoms with E-state index in [-0.39, 0.29) is 0 Å². The van der Waals surface area contributed by atoms with Gasteiger partial charge in [-0.3, -0.25) is 4.68 Å². The minimum absolute atomic E-state index is 0.706. The second-order valence-electron chi connectivity index (χ2n) is 4.09. The van der Waals surface area contributed by atoms with Gasteiger partial charge in [-0.2, -0.15) is 5.10 Å². The molecule has 2 aromatic heterocycles. The Kier molecular flexibility index (Phi) is 3.65. The number of aryl methyl sites for hydroxylation is 2. The molecule has 6 heteroatoms. The lowest BCUT2D eigenvalue weighted by Crippen LogP contribution is -2.05. The van der Waals surface area contributed by atoms with Gasteiger partial charge >= 0.3 is 0 Å². The normalized spacial score (nSPS) is 10.7. The predicted octanol–water partition coefficient (Wildman–Crippen LogP) is 2.69. The van der Waals surface area contributed by atoms with E-state index in [1.165, 1.54) is 0 Å². The van der Waals surface area contributed by atoms with Gasteiger partial charge in [-0.1, -0.05) is 0 Å². The molecule has 2 aromatic rings. The van der Waals surface area contributed by atoms with Crippen LogP contribution in [0.5, 0.6) is 0 Å². The Balaban J connectivity index is 2.55. The number of nitrogens with one attached hydrogen (secondary N) is 1. The smallest absolute Gasteiger partial charge is 0.165 e. The molecule has 0 bridgehead atoms. The standard InChI is InChI=1S/C12H16BrN5/c1-5-14-12-10(13)7(2)16-11(17-12)9-6-15-18(4)8(9)3/h6H,5H2,1-4H3,(H,14,16,17). The second-order valence-corrected chi connectivity index (χ2v) is 4.89. The summed E-state index contributed by atoms with van der Waals surface area (Å²) in [5.41, 5.74) is 2.94. The zero-order chi connectivity index (χ0) is 13.3. The van der Waals surface area contributed by atoms with E-state index in [0.29, 0.717) is 5.82 Å². The molecule has 0 aromatic carbocycles. The monoisotopic (exact) mass is 309 g/mol. The zero-order valence-corrected chi connectivity index (χ0v) is 12.5. The highest BCUT2D eigenvalue weighted by molar-refractivity contribution is 9.10. The first-order valence-corrected chi connectivity index (χ1v) is 6.60. The Morgan fingerprint density at radius 3 is 2.61 bits per heavy atom. The highest BCUT2D eigenvalue weighted by Gasteiger charge is 2.14. The molecule has 0 fully saturated rings. The summed E-state index contributed by atoms with van der Waals surface area (Å²) >= 11 is 3.50. The molecule has 0 saturated heterocycles. The lowest BCUT2D eigenvalue weighted by Gasteiger charge is -2.09. The summed E-state index contributed by atoms with van der Waals surface area (Å²) in [6, 6.07) is 0. The van der Waals surface area contributed by atoms with E-state index < -0.39 is 0 Å². The molecule has 0 radical (unpaired) electrons. The first-order valence-electron chi connectivity index (χ1n) is 5.81. The fraction of sp³-hybridized carbons (Fsp3) is 0.417. The van der Waals surface area contributed by atoms with E-state index in [4.69, 9.17) is 0 Å². The predicted molar refractivity (Wildman–Crippen MR) is 75.6 cm³/mol. The highest BCUT2D eigenvalue weighted by Crippen LogP contribution is 2.27. The fourth-order valence-corrected chi connectivity index (χ4v) is 2.00. The van der Waals surface area contributed by atoms with Gasteiger partial charge in [0.1, 0.15) is 5.82 Å². The van der Waals surface area contributed by atoms with E-state index in [1.54, 1.807) is 6.20 Å². The minimum Gasteiger partial charge on any atom is -0.369 e. The third kappa shape index (κ3) is 2.25. The first kappa shape index (κ1) is 13.0. The number of hydrogen-bond acceptors (Lipinski definition) is 4. The average Bonchev–Trinajstić information content (AvgIpc) is 2.66. The summed E-state index contributed by atoms with van der Waals surface area (Å²) in [6.45, 7) is 6.83. The first-order chi connectivity index (χ1) is 8.54. The third-order valence-electron chi connectivity index (χ3n) is 2.84. The van der Waals surface area contributed by atoms with Crippen LogP contribution in [0.2, 0.25) is 0 Å². The quantitative estimate of drug-likeness (QED) is 0.947. The maximum absolute atomic E-state index is 4.54. The van der Waals surface area contributed by atoms with Crippen molar-refractivity contribution in [3.63, 3.8) is 0 Å². The maximum atomic E-state index is 4.54. The summed E-state index contributed by atoms with van der Waals surface area (Å²) in [7, 11) is 1.91. The van der Waals surface area contributed by atoms with Crippen LogP contribution >= 0.6 is 15.9 Å². The third-order valence-corrected chi connectivity index (χ3v) is 3.79. The number of halogens is 1. The summed E-state index contributed by atoms with van der Waals surface area (Å²) in [4.78, 5) is 9.05. The second kappa shape index (κ2) is 5.06. The van der Waals surface area contributed by atoms with Crippen molar-refractivity contribution in [1.82, 2.24) is 19.7 Å². The van der Waals surface area contributed by atoms with Crippen LogP contribution in [0.15, 0.2) is 10.7 Å². The molecule has 18 heavy (non-hydrogen) atoms. The summed E-state index contributed by atoms with van der Waals surface area (Å²) in [5.74, 6) is 1.53. The number of hydrogen-bond donors (Lipinski definition) is 1. The minimum atomic E-state index is 0.706. The lowest BCUT2D eigenvalue weighted by atomic mass is 10.2. The number of aromatic nitrogens is 4. The van der Waals surface area contributed by atoms with Crippen LogP contribution in [0.1, 0.15) is 18.3 Å². The van der Waals surface area contributed by atoms with Gasteiger partial charge in [0.05, 0.1) is 21.9 Å². The van der Waals surface area contributed by atoms with E-state index in [9.17, 15) is 0 Å². The van der Waals surface area contributed by atoms with Gasteiger partial charge < -0.3 is 5.32 Å². The molecule has 1 N–H and O–H groups in total. The summed E-state index contributed by atoms with van der Waals surface area (Å²) in [6.07, 6.45) is 1.80. The molecule has 2 rings (SSSR count). The SMILES string of the molecule is CCNc1nc(-c2cnn(C)c2C)nc(C)c1Br. The molecule has 0 unspecified atom stereocenters. The lowest BCUT2D eigenvalue weighted by molar-refractivity contribution is 0.740. The average molecular weight is 310 g/mol. The van der Waals surface area contributed by atoms with E-state index >= 15 is 0 Å². The molecule has 96 valence electrons. The van der Waals surface area contributed by atoms with E-state index in [0.717, 1.165) is 33.8 Å². The van der Waals surface area contributed by atoms with Crippen molar-refractivity contribution in [1.29, 1.82) is 0 Å². The molecule has 0 aliphatic rings.